The molecule has 1 amide bonds. The summed E-state index contributed by atoms with van der Waals surface area (Å²) in [5.74, 6) is 0.0604. The molecule has 2 heterocycles. The number of aromatic hydroxyl groups is 1. The van der Waals surface area contributed by atoms with E-state index in [2.05, 4.69) is 15.3 Å². The fourth-order valence-corrected chi connectivity index (χ4v) is 2.69. The maximum absolute atomic E-state index is 12.4. The minimum Gasteiger partial charge on any atom is -0.507 e. The van der Waals surface area contributed by atoms with Crippen molar-refractivity contribution in [3.8, 4) is 17.2 Å². The van der Waals surface area contributed by atoms with Crippen LogP contribution in [0.4, 0.5) is 5.69 Å². The maximum Gasteiger partial charge on any atom is 0.255 e. The first-order valence-electron chi connectivity index (χ1n) is 8.04. The molecule has 0 unspecified atom stereocenters. The molecule has 0 atom stereocenters. The number of phenolic OH excluding ortho intramolecular Hbond substituents is 1. The molecule has 0 saturated heterocycles. The Morgan fingerprint density at radius 3 is 2.69 bits per heavy atom. The van der Waals surface area contributed by atoms with Crippen LogP contribution in [0.2, 0.25) is 0 Å². The molecule has 4 aromatic rings. The van der Waals surface area contributed by atoms with Crippen LogP contribution < -0.4 is 5.32 Å². The lowest BCUT2D eigenvalue weighted by Gasteiger charge is -2.10. The average molecular weight is 345 g/mol. The van der Waals surface area contributed by atoms with Crippen LogP contribution in [0.15, 0.2) is 65.2 Å². The molecule has 0 aliphatic heterocycles. The van der Waals surface area contributed by atoms with Gasteiger partial charge in [0.2, 0.25) is 5.89 Å². The number of amides is 1. The summed E-state index contributed by atoms with van der Waals surface area (Å²) in [4.78, 5) is 20.8. The third kappa shape index (κ3) is 2.88. The first-order chi connectivity index (χ1) is 12.6. The minimum atomic E-state index is -0.235. The van der Waals surface area contributed by atoms with Gasteiger partial charge >= 0.3 is 0 Å². The van der Waals surface area contributed by atoms with Crippen molar-refractivity contribution in [3.05, 3.63) is 71.9 Å². The molecule has 0 spiro atoms. The molecule has 0 saturated carbocycles. The van der Waals surface area contributed by atoms with Gasteiger partial charge < -0.3 is 14.8 Å². The van der Waals surface area contributed by atoms with Crippen molar-refractivity contribution in [2.45, 2.75) is 6.92 Å². The number of anilines is 1. The van der Waals surface area contributed by atoms with E-state index in [9.17, 15) is 9.90 Å². The van der Waals surface area contributed by atoms with Crippen LogP contribution >= 0.6 is 0 Å². The zero-order chi connectivity index (χ0) is 18.1. The lowest BCUT2D eigenvalue weighted by Crippen LogP contribution is -2.11. The standard InChI is InChI=1S/C20H15N3O3/c1-12-10-14(22-19(25)13-6-3-2-4-7-13)11-15(17(12)24)20-23-18-16(26-20)8-5-9-21-18/h2-11,24H,1H3,(H,22,25). The molecule has 0 aliphatic rings. The summed E-state index contributed by atoms with van der Waals surface area (Å²) >= 11 is 0. The summed E-state index contributed by atoms with van der Waals surface area (Å²) in [6.45, 7) is 1.75. The Morgan fingerprint density at radius 2 is 1.92 bits per heavy atom. The summed E-state index contributed by atoms with van der Waals surface area (Å²) < 4.78 is 5.69. The number of nitrogens with one attached hydrogen (secondary N) is 1. The molecule has 0 aliphatic carbocycles. The van der Waals surface area contributed by atoms with Crippen molar-refractivity contribution >= 4 is 22.8 Å². The Labute approximate surface area is 149 Å². The fraction of sp³-hybridized carbons (Fsp3) is 0.0500. The van der Waals surface area contributed by atoms with Crippen LogP contribution in [0.3, 0.4) is 0 Å². The van der Waals surface area contributed by atoms with Crippen LogP contribution in [0.5, 0.6) is 5.75 Å². The molecular weight excluding hydrogens is 330 g/mol. The van der Waals surface area contributed by atoms with E-state index in [1.165, 1.54) is 0 Å². The van der Waals surface area contributed by atoms with E-state index in [-0.39, 0.29) is 17.5 Å². The average Bonchev–Trinajstić information content (AvgIpc) is 3.09. The number of hydrogen-bond donors (Lipinski definition) is 2. The second kappa shape index (κ2) is 6.33. The second-order valence-corrected chi connectivity index (χ2v) is 5.85. The first kappa shape index (κ1) is 15.8. The normalized spacial score (nSPS) is 10.8. The molecule has 2 aromatic heterocycles. The molecule has 0 radical (unpaired) electrons. The van der Waals surface area contributed by atoms with Gasteiger partial charge in [-0.25, -0.2) is 4.98 Å². The number of fused-ring (bicyclic) bond motifs is 1. The lowest BCUT2D eigenvalue weighted by molar-refractivity contribution is 0.102. The van der Waals surface area contributed by atoms with Gasteiger partial charge in [-0.2, -0.15) is 4.98 Å². The molecule has 2 N–H and O–H groups in total. The predicted molar refractivity (Wildman–Crippen MR) is 98.0 cm³/mol. The van der Waals surface area contributed by atoms with Gasteiger partial charge in [0.15, 0.2) is 11.2 Å². The molecule has 6 nitrogen and oxygen atoms in total. The highest BCUT2D eigenvalue weighted by molar-refractivity contribution is 6.04. The third-order valence-electron chi connectivity index (χ3n) is 3.99. The molecule has 0 fully saturated rings. The number of rotatable bonds is 3. The van der Waals surface area contributed by atoms with Crippen molar-refractivity contribution in [2.24, 2.45) is 0 Å². The number of phenols is 1. The number of benzene rings is 2. The Balaban J connectivity index is 1.73. The van der Waals surface area contributed by atoms with Gasteiger partial charge in [-0.3, -0.25) is 4.79 Å². The van der Waals surface area contributed by atoms with E-state index in [4.69, 9.17) is 4.42 Å². The summed E-state index contributed by atoms with van der Waals surface area (Å²) in [6.07, 6.45) is 1.62. The molecule has 0 bridgehead atoms. The number of aryl methyl sites for hydroxylation is 1. The van der Waals surface area contributed by atoms with Crippen molar-refractivity contribution in [3.63, 3.8) is 0 Å². The van der Waals surface area contributed by atoms with Crippen LogP contribution in [0, 0.1) is 6.92 Å². The Hall–Kier alpha value is -3.67. The molecule has 6 heteroatoms. The number of carbonyl (C=O) groups is 1. The second-order valence-electron chi connectivity index (χ2n) is 5.85. The highest BCUT2D eigenvalue weighted by atomic mass is 16.4. The van der Waals surface area contributed by atoms with Gasteiger partial charge in [0.25, 0.3) is 5.91 Å². The SMILES string of the molecule is Cc1cc(NC(=O)c2ccccc2)cc(-c2nc3ncccc3o2)c1O. The van der Waals surface area contributed by atoms with Gasteiger partial charge in [-0.15, -0.1) is 0 Å². The predicted octanol–water partition coefficient (Wildman–Crippen LogP) is 4.16. The van der Waals surface area contributed by atoms with Crippen molar-refractivity contribution < 1.29 is 14.3 Å². The molecular formula is C20H15N3O3. The van der Waals surface area contributed by atoms with Gasteiger partial charge in [0, 0.05) is 17.4 Å². The minimum absolute atomic E-state index is 0.0502. The highest BCUT2D eigenvalue weighted by Gasteiger charge is 2.17. The quantitative estimate of drug-likeness (QED) is 0.544. The van der Waals surface area contributed by atoms with Crippen molar-refractivity contribution in [1.82, 2.24) is 9.97 Å². The number of oxazole rings is 1. The van der Waals surface area contributed by atoms with Gasteiger partial charge in [-0.1, -0.05) is 18.2 Å². The molecule has 26 heavy (non-hydrogen) atoms. The van der Waals surface area contributed by atoms with Crippen LogP contribution in [-0.2, 0) is 0 Å². The van der Waals surface area contributed by atoms with Crippen molar-refractivity contribution in [1.29, 1.82) is 0 Å². The van der Waals surface area contributed by atoms with E-state index in [0.29, 0.717) is 33.6 Å². The topological polar surface area (TPSA) is 88.3 Å². The molecule has 128 valence electrons. The molecule has 4 rings (SSSR count). The van der Waals surface area contributed by atoms with Crippen molar-refractivity contribution in [2.75, 3.05) is 5.32 Å². The lowest BCUT2D eigenvalue weighted by atomic mass is 10.1. The first-order valence-corrected chi connectivity index (χ1v) is 8.04. The van der Waals surface area contributed by atoms with E-state index < -0.39 is 0 Å². The zero-order valence-corrected chi connectivity index (χ0v) is 13.9. The monoisotopic (exact) mass is 345 g/mol. The summed E-state index contributed by atoms with van der Waals surface area (Å²) in [5, 5.41) is 13.3. The zero-order valence-electron chi connectivity index (χ0n) is 13.9. The largest absolute Gasteiger partial charge is 0.507 e. The Bertz CT molecular complexity index is 1070. The summed E-state index contributed by atoms with van der Waals surface area (Å²) in [5.41, 5.74) is 3.06. The number of pyridine rings is 1. The van der Waals surface area contributed by atoms with E-state index in [1.807, 2.05) is 6.07 Å². The molecule has 2 aromatic carbocycles. The Morgan fingerprint density at radius 1 is 1.12 bits per heavy atom. The summed E-state index contributed by atoms with van der Waals surface area (Å²) in [7, 11) is 0. The smallest absolute Gasteiger partial charge is 0.255 e. The van der Waals surface area contributed by atoms with E-state index >= 15 is 0 Å². The van der Waals surface area contributed by atoms with Crippen LogP contribution in [-0.4, -0.2) is 21.0 Å². The number of hydrogen-bond acceptors (Lipinski definition) is 5. The van der Waals surface area contributed by atoms with Crippen LogP contribution in [0.25, 0.3) is 22.7 Å². The van der Waals surface area contributed by atoms with Crippen LogP contribution in [0.1, 0.15) is 15.9 Å². The van der Waals surface area contributed by atoms with Gasteiger partial charge in [-0.05, 0) is 48.9 Å². The van der Waals surface area contributed by atoms with E-state index in [1.54, 1.807) is 61.7 Å². The van der Waals surface area contributed by atoms with E-state index in [0.717, 1.165) is 0 Å². The maximum atomic E-state index is 12.4. The number of carbonyl (C=O) groups excluding carboxylic acids is 1. The fourth-order valence-electron chi connectivity index (χ4n) is 2.69. The van der Waals surface area contributed by atoms with Gasteiger partial charge in [0.1, 0.15) is 5.75 Å². The third-order valence-corrected chi connectivity index (χ3v) is 3.99. The van der Waals surface area contributed by atoms with Gasteiger partial charge in [0.05, 0.1) is 5.56 Å². The number of nitrogens with zero attached hydrogens (tertiary/aromatic N) is 2. The summed E-state index contributed by atoms with van der Waals surface area (Å²) in [6, 6.07) is 15.7. The Kier molecular flexibility index (Phi) is 3.85. The highest BCUT2D eigenvalue weighted by Crippen LogP contribution is 2.35. The number of aromatic nitrogens is 2.